The predicted molar refractivity (Wildman–Crippen MR) is 70.1 cm³/mol. The molecule has 18 heavy (non-hydrogen) atoms. The van der Waals surface area contributed by atoms with Crippen molar-refractivity contribution in [2.24, 2.45) is 7.05 Å². The largest absolute Gasteiger partial charge is 0.384 e. The van der Waals surface area contributed by atoms with Crippen LogP contribution in [-0.2, 0) is 13.6 Å². The Morgan fingerprint density at radius 2 is 2.00 bits per heavy atom. The molecule has 5 heteroatoms. The van der Waals surface area contributed by atoms with E-state index in [-0.39, 0.29) is 0 Å². The maximum atomic E-state index is 9.10. The average Bonchev–Trinajstić information content (AvgIpc) is 2.75. The first-order valence-electron chi connectivity index (χ1n) is 5.80. The zero-order valence-corrected chi connectivity index (χ0v) is 11.2. The van der Waals surface area contributed by atoms with Crippen molar-refractivity contribution in [2.45, 2.75) is 27.3 Å². The molecule has 0 radical (unpaired) electrons. The second-order valence-corrected chi connectivity index (χ2v) is 4.55. The number of nitriles is 1. The van der Waals surface area contributed by atoms with Crippen LogP contribution in [0.2, 0.25) is 0 Å². The Labute approximate surface area is 106 Å². The Hall–Kier alpha value is -2.22. The van der Waals surface area contributed by atoms with Gasteiger partial charge in [-0.05, 0) is 26.3 Å². The lowest BCUT2D eigenvalue weighted by Gasteiger charge is -2.08. The average molecular weight is 243 g/mol. The van der Waals surface area contributed by atoms with Crippen molar-refractivity contribution in [3.63, 3.8) is 0 Å². The predicted octanol–water partition coefficient (Wildman–Crippen LogP) is 1.65. The molecule has 0 saturated carbocycles. The number of hydrogen-bond acceptors (Lipinski definition) is 3. The minimum atomic E-state index is 0.538. The van der Waals surface area contributed by atoms with Crippen molar-refractivity contribution in [1.29, 1.82) is 5.26 Å². The summed E-state index contributed by atoms with van der Waals surface area (Å²) in [5.41, 5.74) is 10.8. The van der Waals surface area contributed by atoms with Gasteiger partial charge in [0.2, 0.25) is 0 Å². The first-order valence-corrected chi connectivity index (χ1v) is 5.80. The minimum Gasteiger partial charge on any atom is -0.384 e. The Morgan fingerprint density at radius 3 is 2.44 bits per heavy atom. The number of nitrogen functional groups attached to an aromatic ring is 1. The highest BCUT2D eigenvalue weighted by atomic mass is 15.3. The van der Waals surface area contributed by atoms with Crippen molar-refractivity contribution in [1.82, 2.24) is 14.3 Å². The van der Waals surface area contributed by atoms with Crippen molar-refractivity contribution >= 4 is 5.82 Å². The van der Waals surface area contributed by atoms with Crippen molar-refractivity contribution in [2.75, 3.05) is 5.73 Å². The molecule has 2 aromatic heterocycles. The van der Waals surface area contributed by atoms with Crippen LogP contribution in [0.3, 0.4) is 0 Å². The summed E-state index contributed by atoms with van der Waals surface area (Å²) in [6, 6.07) is 2.16. The molecule has 0 spiro atoms. The molecule has 0 aliphatic carbocycles. The quantitative estimate of drug-likeness (QED) is 0.871. The molecule has 2 N–H and O–H groups in total. The van der Waals surface area contributed by atoms with Gasteiger partial charge in [0.1, 0.15) is 11.9 Å². The van der Waals surface area contributed by atoms with E-state index in [4.69, 9.17) is 11.0 Å². The van der Waals surface area contributed by atoms with E-state index in [1.165, 1.54) is 0 Å². The van der Waals surface area contributed by atoms with Gasteiger partial charge in [-0.3, -0.25) is 4.68 Å². The number of anilines is 1. The van der Waals surface area contributed by atoms with E-state index in [0.29, 0.717) is 17.9 Å². The van der Waals surface area contributed by atoms with Gasteiger partial charge in [-0.15, -0.1) is 0 Å². The first kappa shape index (κ1) is 12.2. The molecule has 0 saturated heterocycles. The van der Waals surface area contributed by atoms with Gasteiger partial charge in [0.15, 0.2) is 0 Å². The van der Waals surface area contributed by atoms with Gasteiger partial charge in [0.25, 0.3) is 0 Å². The zero-order chi connectivity index (χ0) is 13.4. The van der Waals surface area contributed by atoms with E-state index in [0.717, 1.165) is 22.5 Å². The van der Waals surface area contributed by atoms with Gasteiger partial charge in [-0.2, -0.15) is 10.4 Å². The molecule has 0 aliphatic rings. The highest BCUT2D eigenvalue weighted by molar-refractivity contribution is 5.58. The molecule has 0 bridgehead atoms. The summed E-state index contributed by atoms with van der Waals surface area (Å²) >= 11 is 0. The first-order chi connectivity index (χ1) is 8.47. The Kier molecular flexibility index (Phi) is 2.87. The van der Waals surface area contributed by atoms with Crippen molar-refractivity contribution in [3.05, 3.63) is 34.3 Å². The second kappa shape index (κ2) is 4.22. The third kappa shape index (κ3) is 1.66. The molecule has 2 aromatic rings. The highest BCUT2D eigenvalue weighted by Gasteiger charge is 2.16. The highest BCUT2D eigenvalue weighted by Crippen LogP contribution is 2.24. The Balaban J connectivity index is 2.48. The molecular formula is C13H17N5. The Bertz CT molecular complexity index is 639. The normalized spacial score (nSPS) is 10.6. The summed E-state index contributed by atoms with van der Waals surface area (Å²) < 4.78 is 3.81. The lowest BCUT2D eigenvalue weighted by Crippen LogP contribution is -2.07. The number of nitrogens with zero attached hydrogens (tertiary/aromatic N) is 4. The maximum absolute atomic E-state index is 9.10. The number of hydrogen-bond donors (Lipinski definition) is 1. The lowest BCUT2D eigenvalue weighted by atomic mass is 10.2. The van der Waals surface area contributed by atoms with E-state index in [1.54, 1.807) is 0 Å². The van der Waals surface area contributed by atoms with Crippen LogP contribution in [0.5, 0.6) is 0 Å². The van der Waals surface area contributed by atoms with Crippen LogP contribution >= 0.6 is 0 Å². The third-order valence-corrected chi connectivity index (χ3v) is 3.65. The SMILES string of the molecule is Cc1c(C#N)c(N)n(Cc2cnn(C)c2C)c1C. The molecule has 0 fully saturated rings. The van der Waals surface area contributed by atoms with Crippen LogP contribution in [0.25, 0.3) is 0 Å². The summed E-state index contributed by atoms with van der Waals surface area (Å²) in [4.78, 5) is 0. The van der Waals surface area contributed by atoms with Crippen LogP contribution < -0.4 is 5.73 Å². The molecule has 0 aromatic carbocycles. The van der Waals surface area contributed by atoms with Gasteiger partial charge in [-0.25, -0.2) is 0 Å². The number of rotatable bonds is 2. The van der Waals surface area contributed by atoms with Gasteiger partial charge in [0, 0.05) is 24.0 Å². The number of aromatic nitrogens is 3. The monoisotopic (exact) mass is 243 g/mol. The number of nitrogens with two attached hydrogens (primary N) is 1. The van der Waals surface area contributed by atoms with E-state index in [9.17, 15) is 0 Å². The van der Waals surface area contributed by atoms with Gasteiger partial charge < -0.3 is 10.3 Å². The fraction of sp³-hybridized carbons (Fsp3) is 0.385. The lowest BCUT2D eigenvalue weighted by molar-refractivity contribution is 0.729. The molecule has 2 heterocycles. The van der Waals surface area contributed by atoms with Crippen LogP contribution in [0.4, 0.5) is 5.82 Å². The molecule has 94 valence electrons. The topological polar surface area (TPSA) is 72.6 Å². The summed E-state index contributed by atoms with van der Waals surface area (Å²) in [6.45, 7) is 6.59. The van der Waals surface area contributed by atoms with E-state index in [1.807, 2.05) is 43.3 Å². The fourth-order valence-corrected chi connectivity index (χ4v) is 2.11. The number of aryl methyl sites for hydroxylation is 1. The van der Waals surface area contributed by atoms with Crippen molar-refractivity contribution in [3.8, 4) is 6.07 Å². The fourth-order valence-electron chi connectivity index (χ4n) is 2.11. The summed E-state index contributed by atoms with van der Waals surface area (Å²) in [6.07, 6.45) is 1.84. The van der Waals surface area contributed by atoms with Crippen LogP contribution in [0, 0.1) is 32.1 Å². The van der Waals surface area contributed by atoms with Gasteiger partial charge in [0.05, 0.1) is 18.3 Å². The summed E-state index contributed by atoms with van der Waals surface area (Å²) in [5.74, 6) is 0.538. The molecule has 0 amide bonds. The standard InChI is InChI=1S/C13H17N5/c1-8-9(2)18(13(15)12(8)5-14)7-11-6-16-17(4)10(11)3/h6H,7,15H2,1-4H3. The smallest absolute Gasteiger partial charge is 0.122 e. The summed E-state index contributed by atoms with van der Waals surface area (Å²) in [5, 5.41) is 13.3. The second-order valence-electron chi connectivity index (χ2n) is 4.55. The van der Waals surface area contributed by atoms with Crippen molar-refractivity contribution < 1.29 is 0 Å². The van der Waals surface area contributed by atoms with Crippen LogP contribution in [-0.4, -0.2) is 14.3 Å². The van der Waals surface area contributed by atoms with Gasteiger partial charge in [-0.1, -0.05) is 0 Å². The van der Waals surface area contributed by atoms with Crippen LogP contribution in [0.1, 0.15) is 28.1 Å². The molecule has 0 atom stereocenters. The molecule has 0 aliphatic heterocycles. The molecular weight excluding hydrogens is 226 g/mol. The van der Waals surface area contributed by atoms with E-state index < -0.39 is 0 Å². The minimum absolute atomic E-state index is 0.538. The molecule has 0 unspecified atom stereocenters. The third-order valence-electron chi connectivity index (χ3n) is 3.65. The Morgan fingerprint density at radius 1 is 1.33 bits per heavy atom. The van der Waals surface area contributed by atoms with E-state index >= 15 is 0 Å². The summed E-state index contributed by atoms with van der Waals surface area (Å²) in [7, 11) is 1.91. The molecule has 5 nitrogen and oxygen atoms in total. The molecule has 2 rings (SSSR count). The van der Waals surface area contributed by atoms with Gasteiger partial charge >= 0.3 is 0 Å². The zero-order valence-electron chi connectivity index (χ0n) is 11.2. The van der Waals surface area contributed by atoms with Crippen LogP contribution in [0.15, 0.2) is 6.20 Å². The maximum Gasteiger partial charge on any atom is 0.122 e. The van der Waals surface area contributed by atoms with E-state index in [2.05, 4.69) is 11.2 Å².